The summed E-state index contributed by atoms with van der Waals surface area (Å²) in [6.07, 6.45) is -8.93. The molecule has 1 aromatic heterocycles. The zero-order valence-electron chi connectivity index (χ0n) is 17.4. The molecule has 1 heterocycles. The van der Waals surface area contributed by atoms with Crippen molar-refractivity contribution in [2.75, 3.05) is 6.61 Å². The van der Waals surface area contributed by atoms with E-state index in [2.05, 4.69) is 9.84 Å². The van der Waals surface area contributed by atoms with E-state index in [0.29, 0.717) is 11.2 Å². The molecule has 12 heteroatoms. The number of rotatable bonds is 6. The van der Waals surface area contributed by atoms with Crippen molar-refractivity contribution in [2.24, 2.45) is 0 Å². The molecule has 1 N–H and O–H groups in total. The first-order chi connectivity index (χ1) is 16.4. The van der Waals surface area contributed by atoms with E-state index >= 15 is 0 Å². The van der Waals surface area contributed by atoms with E-state index in [4.69, 9.17) is 4.74 Å². The summed E-state index contributed by atoms with van der Waals surface area (Å²) in [5.41, 5.74) is -3.22. The summed E-state index contributed by atoms with van der Waals surface area (Å²) >= 11 is 0. The minimum absolute atomic E-state index is 0.245. The van der Waals surface area contributed by atoms with Crippen molar-refractivity contribution < 1.29 is 45.3 Å². The molecule has 0 radical (unpaired) electrons. The van der Waals surface area contributed by atoms with Gasteiger partial charge in [-0.25, -0.2) is 9.07 Å². The standard InChI is InChI=1S/C23H15F7N2O3/c24-16-5-7-17(8-6-16)32-20-9-4-15(10-14(20)12-31-32)21(33,22(25,26)27)13-34-18-2-1-3-19(11-18)35-23(28,29)30/h1-12,33H,13H2. The molecule has 35 heavy (non-hydrogen) atoms. The topological polar surface area (TPSA) is 56.5 Å². The van der Waals surface area contributed by atoms with Crippen LogP contribution in [0.15, 0.2) is 72.9 Å². The lowest BCUT2D eigenvalue weighted by atomic mass is 9.93. The number of alkyl halides is 6. The molecule has 0 spiro atoms. The third-order valence-electron chi connectivity index (χ3n) is 5.07. The molecule has 0 aliphatic heterocycles. The molecular formula is C23H15F7N2O3. The Morgan fingerprint density at radius 3 is 2.20 bits per heavy atom. The second-order valence-corrected chi connectivity index (χ2v) is 7.48. The van der Waals surface area contributed by atoms with Gasteiger partial charge in [0.2, 0.25) is 5.60 Å². The molecule has 1 atom stereocenters. The fraction of sp³-hybridized carbons (Fsp3) is 0.174. The number of hydrogen-bond acceptors (Lipinski definition) is 4. The molecule has 4 rings (SSSR count). The highest BCUT2D eigenvalue weighted by atomic mass is 19.4. The number of nitrogens with zero attached hydrogens (tertiary/aromatic N) is 2. The summed E-state index contributed by atoms with van der Waals surface area (Å²) < 4.78 is 102. The van der Waals surface area contributed by atoms with Gasteiger partial charge in [0.1, 0.15) is 23.9 Å². The Morgan fingerprint density at radius 2 is 1.54 bits per heavy atom. The Kier molecular flexibility index (Phi) is 6.09. The van der Waals surface area contributed by atoms with E-state index in [-0.39, 0.29) is 11.1 Å². The highest BCUT2D eigenvalue weighted by Crippen LogP contribution is 2.41. The molecule has 0 fully saturated rings. The zero-order valence-corrected chi connectivity index (χ0v) is 17.4. The first kappa shape index (κ1) is 24.3. The fourth-order valence-corrected chi connectivity index (χ4v) is 3.36. The summed E-state index contributed by atoms with van der Waals surface area (Å²) in [7, 11) is 0. The van der Waals surface area contributed by atoms with Crippen molar-refractivity contribution in [1.29, 1.82) is 0 Å². The second-order valence-electron chi connectivity index (χ2n) is 7.48. The van der Waals surface area contributed by atoms with Gasteiger partial charge in [-0.15, -0.1) is 13.2 Å². The van der Waals surface area contributed by atoms with Crippen molar-refractivity contribution in [3.05, 3.63) is 84.3 Å². The van der Waals surface area contributed by atoms with Crippen LogP contribution in [0.1, 0.15) is 5.56 Å². The number of hydrogen-bond donors (Lipinski definition) is 1. The Morgan fingerprint density at radius 1 is 0.857 bits per heavy atom. The number of ether oxygens (including phenoxy) is 2. The van der Waals surface area contributed by atoms with Crippen LogP contribution in [0.5, 0.6) is 11.5 Å². The van der Waals surface area contributed by atoms with Gasteiger partial charge in [0.15, 0.2) is 0 Å². The van der Waals surface area contributed by atoms with Crippen LogP contribution in [-0.2, 0) is 5.60 Å². The Labute approximate surface area is 192 Å². The van der Waals surface area contributed by atoms with Crippen molar-refractivity contribution in [3.63, 3.8) is 0 Å². The van der Waals surface area contributed by atoms with E-state index in [1.54, 1.807) is 0 Å². The SMILES string of the molecule is OC(COc1cccc(OC(F)(F)F)c1)(c1ccc2c(cnn2-c2ccc(F)cc2)c1)C(F)(F)F. The Balaban J connectivity index is 1.63. The maximum absolute atomic E-state index is 13.9. The highest BCUT2D eigenvalue weighted by Gasteiger charge is 2.56. The zero-order chi connectivity index (χ0) is 25.4. The molecule has 184 valence electrons. The van der Waals surface area contributed by atoms with Crippen LogP contribution in [0, 0.1) is 5.82 Å². The number of fused-ring (bicyclic) bond motifs is 1. The third-order valence-corrected chi connectivity index (χ3v) is 5.07. The van der Waals surface area contributed by atoms with Gasteiger partial charge in [0, 0.05) is 11.5 Å². The summed E-state index contributed by atoms with van der Waals surface area (Å²) in [6, 6.07) is 12.6. The van der Waals surface area contributed by atoms with Crippen LogP contribution in [0.3, 0.4) is 0 Å². The van der Waals surface area contributed by atoms with Gasteiger partial charge in [-0.2, -0.15) is 18.3 Å². The Bertz CT molecular complexity index is 1330. The molecule has 5 nitrogen and oxygen atoms in total. The molecule has 1 unspecified atom stereocenters. The minimum Gasteiger partial charge on any atom is -0.490 e. The van der Waals surface area contributed by atoms with Crippen LogP contribution in [0.2, 0.25) is 0 Å². The quantitative estimate of drug-likeness (QED) is 0.336. The lowest BCUT2D eigenvalue weighted by Crippen LogP contribution is -2.47. The molecule has 3 aromatic carbocycles. The first-order valence-electron chi connectivity index (χ1n) is 9.88. The molecule has 0 bridgehead atoms. The highest BCUT2D eigenvalue weighted by molar-refractivity contribution is 5.81. The van der Waals surface area contributed by atoms with Gasteiger partial charge in [0.05, 0.1) is 17.4 Å². The minimum atomic E-state index is -5.20. The van der Waals surface area contributed by atoms with Gasteiger partial charge in [0.25, 0.3) is 0 Å². The summed E-state index contributed by atoms with van der Waals surface area (Å²) in [4.78, 5) is 0. The molecule has 4 aromatic rings. The summed E-state index contributed by atoms with van der Waals surface area (Å²) in [6.45, 7) is -1.34. The van der Waals surface area contributed by atoms with Gasteiger partial charge >= 0.3 is 12.5 Å². The predicted octanol–water partition coefficient (Wildman–Crippen LogP) is 5.89. The summed E-state index contributed by atoms with van der Waals surface area (Å²) in [5.74, 6) is -1.54. The van der Waals surface area contributed by atoms with Crippen LogP contribution in [0.4, 0.5) is 30.7 Å². The molecule has 0 amide bonds. The molecular weight excluding hydrogens is 485 g/mol. The molecule has 0 aliphatic rings. The fourth-order valence-electron chi connectivity index (χ4n) is 3.36. The van der Waals surface area contributed by atoms with Crippen molar-refractivity contribution >= 4 is 10.9 Å². The van der Waals surface area contributed by atoms with Gasteiger partial charge in [-0.05, 0) is 54.1 Å². The second kappa shape index (κ2) is 8.77. The van der Waals surface area contributed by atoms with Crippen molar-refractivity contribution in [1.82, 2.24) is 9.78 Å². The molecule has 0 aliphatic carbocycles. The average molecular weight is 500 g/mol. The smallest absolute Gasteiger partial charge is 0.490 e. The van der Waals surface area contributed by atoms with Gasteiger partial charge in [-0.1, -0.05) is 12.1 Å². The average Bonchev–Trinajstić information content (AvgIpc) is 3.19. The predicted molar refractivity (Wildman–Crippen MR) is 110 cm³/mol. The summed E-state index contributed by atoms with van der Waals surface area (Å²) in [5, 5.41) is 15.0. The number of benzene rings is 3. The molecule has 0 saturated heterocycles. The number of halogens is 7. The van der Waals surface area contributed by atoms with E-state index in [0.717, 1.165) is 36.4 Å². The van der Waals surface area contributed by atoms with Crippen LogP contribution in [-0.4, -0.2) is 34.0 Å². The van der Waals surface area contributed by atoms with E-state index in [9.17, 15) is 35.8 Å². The third kappa shape index (κ3) is 5.16. The van der Waals surface area contributed by atoms with E-state index in [1.807, 2.05) is 0 Å². The van der Waals surface area contributed by atoms with Crippen LogP contribution in [0.25, 0.3) is 16.6 Å². The monoisotopic (exact) mass is 500 g/mol. The molecule has 0 saturated carbocycles. The largest absolute Gasteiger partial charge is 0.573 e. The van der Waals surface area contributed by atoms with Crippen LogP contribution >= 0.6 is 0 Å². The van der Waals surface area contributed by atoms with Gasteiger partial charge < -0.3 is 14.6 Å². The first-order valence-corrected chi connectivity index (χ1v) is 9.88. The van der Waals surface area contributed by atoms with Crippen molar-refractivity contribution in [2.45, 2.75) is 18.1 Å². The lowest BCUT2D eigenvalue weighted by molar-refractivity contribution is -0.275. The Hall–Kier alpha value is -3.80. The van der Waals surface area contributed by atoms with Gasteiger partial charge in [-0.3, -0.25) is 0 Å². The maximum atomic E-state index is 13.9. The van der Waals surface area contributed by atoms with Crippen molar-refractivity contribution in [3.8, 4) is 17.2 Å². The van der Waals surface area contributed by atoms with E-state index in [1.165, 1.54) is 41.2 Å². The lowest BCUT2D eigenvalue weighted by Gasteiger charge is -2.31. The van der Waals surface area contributed by atoms with E-state index < -0.39 is 41.9 Å². The van der Waals surface area contributed by atoms with Crippen LogP contribution < -0.4 is 9.47 Å². The normalized spacial score (nSPS) is 14.1. The maximum Gasteiger partial charge on any atom is 0.573 e. The number of aliphatic hydroxyl groups is 1. The number of aromatic nitrogens is 2.